The lowest BCUT2D eigenvalue weighted by Gasteiger charge is -2.30. The van der Waals surface area contributed by atoms with E-state index in [1.165, 1.54) is 27.8 Å². The van der Waals surface area contributed by atoms with Gasteiger partial charge in [0.05, 0.1) is 0 Å². The van der Waals surface area contributed by atoms with E-state index in [0.717, 1.165) is 0 Å². The van der Waals surface area contributed by atoms with Crippen LogP contribution in [0.2, 0.25) is 0 Å². The maximum absolute atomic E-state index is 13.4. The van der Waals surface area contributed by atoms with Crippen molar-refractivity contribution in [1.82, 2.24) is 13.9 Å². The largest absolute Gasteiger partial charge is 0.489 e. The van der Waals surface area contributed by atoms with E-state index in [1.54, 1.807) is 12.1 Å². The third kappa shape index (κ3) is 4.13. The van der Waals surface area contributed by atoms with Crippen molar-refractivity contribution in [3.63, 3.8) is 0 Å². The normalized spacial score (nSPS) is 17.1. The molecule has 1 fully saturated rings. The van der Waals surface area contributed by atoms with E-state index < -0.39 is 16.0 Å². The molecule has 0 amide bonds. The van der Waals surface area contributed by atoms with Crippen molar-refractivity contribution < 1.29 is 17.5 Å². The fraction of sp³-hybridized carbons (Fsp3) is 0.538. The third-order valence-electron chi connectivity index (χ3n) is 3.30. The third-order valence-corrected chi connectivity index (χ3v) is 5.28. The van der Waals surface area contributed by atoms with Crippen molar-refractivity contribution in [2.45, 2.75) is 0 Å². The summed E-state index contributed by atoms with van der Waals surface area (Å²) >= 11 is 0. The second kappa shape index (κ2) is 7.17. The maximum atomic E-state index is 13.4. The smallest absolute Gasteiger partial charge is 0.281 e. The number of likely N-dealkylation sites (N-methyl/N-ethyl adjacent to an activating group) is 1. The maximum Gasteiger partial charge on any atom is 0.281 e. The molecule has 1 heterocycles. The van der Waals surface area contributed by atoms with Gasteiger partial charge >= 0.3 is 0 Å². The summed E-state index contributed by atoms with van der Waals surface area (Å²) in [5, 5.41) is 3.11. The quantitative estimate of drug-likeness (QED) is 0.819. The molecule has 1 aliphatic heterocycles. The summed E-state index contributed by atoms with van der Waals surface area (Å²) in [5.41, 5.74) is 0. The van der Waals surface area contributed by atoms with Crippen LogP contribution in [0.15, 0.2) is 24.3 Å². The van der Waals surface area contributed by atoms with Crippen LogP contribution in [0, 0.1) is 5.82 Å². The van der Waals surface area contributed by atoms with Crippen LogP contribution >= 0.6 is 0 Å². The topological polar surface area (TPSA) is 61.9 Å². The van der Waals surface area contributed by atoms with Gasteiger partial charge in [0.1, 0.15) is 6.61 Å². The summed E-state index contributed by atoms with van der Waals surface area (Å²) in [6, 6.07) is 6.05. The first-order valence-corrected chi connectivity index (χ1v) is 8.21. The first kappa shape index (κ1) is 16.2. The number of rotatable bonds is 6. The molecule has 0 spiro atoms. The molecule has 0 bridgehead atoms. The molecule has 6 nitrogen and oxygen atoms in total. The van der Waals surface area contributed by atoms with Crippen molar-refractivity contribution >= 4 is 10.2 Å². The monoisotopic (exact) mass is 317 g/mol. The second-order valence-electron chi connectivity index (χ2n) is 4.76. The van der Waals surface area contributed by atoms with Crippen molar-refractivity contribution in [1.29, 1.82) is 0 Å². The predicted molar refractivity (Wildman–Crippen MR) is 77.9 cm³/mol. The molecule has 0 radical (unpaired) electrons. The molecule has 1 N–H and O–H groups in total. The Labute approximate surface area is 124 Å². The second-order valence-corrected chi connectivity index (χ2v) is 6.79. The van der Waals surface area contributed by atoms with E-state index in [0.29, 0.717) is 26.2 Å². The first-order chi connectivity index (χ1) is 10.0. The number of piperazine rings is 1. The highest BCUT2D eigenvalue weighted by Crippen LogP contribution is 2.15. The van der Waals surface area contributed by atoms with Gasteiger partial charge in [0.25, 0.3) is 10.2 Å². The zero-order valence-electron chi connectivity index (χ0n) is 12.0. The summed E-state index contributed by atoms with van der Waals surface area (Å²) in [6.07, 6.45) is 0. The minimum Gasteiger partial charge on any atom is -0.489 e. The average molecular weight is 317 g/mol. The lowest BCUT2D eigenvalue weighted by Crippen LogP contribution is -2.51. The van der Waals surface area contributed by atoms with Gasteiger partial charge in [0.2, 0.25) is 0 Å². The molecule has 0 saturated carbocycles. The van der Waals surface area contributed by atoms with Gasteiger partial charge in [-0.15, -0.1) is 0 Å². The predicted octanol–water partition coefficient (Wildman–Crippen LogP) is 0.286. The fourth-order valence-corrected chi connectivity index (χ4v) is 3.38. The van der Waals surface area contributed by atoms with Crippen LogP contribution in [0.1, 0.15) is 0 Å². The highest BCUT2D eigenvalue weighted by molar-refractivity contribution is 7.86. The van der Waals surface area contributed by atoms with Gasteiger partial charge in [-0.3, -0.25) is 0 Å². The standard InChI is InChI=1S/C13H20FN3O3S/c1-16(21(18,19)17-8-6-15-7-9-17)10-11-20-13-5-3-2-4-12(13)14/h2-5,15H,6-11H2,1H3. The molecular weight excluding hydrogens is 297 g/mol. The zero-order valence-corrected chi connectivity index (χ0v) is 12.8. The number of para-hydroxylation sites is 1. The summed E-state index contributed by atoms with van der Waals surface area (Å²) in [5.74, 6) is -0.324. The Morgan fingerprint density at radius 3 is 2.67 bits per heavy atom. The van der Waals surface area contributed by atoms with Gasteiger partial charge in [-0.05, 0) is 12.1 Å². The SMILES string of the molecule is CN(CCOc1ccccc1F)S(=O)(=O)N1CCNCC1. The Hall–Kier alpha value is -1.22. The minimum atomic E-state index is -3.47. The molecule has 0 aliphatic carbocycles. The van der Waals surface area contributed by atoms with Crippen molar-refractivity contribution in [3.8, 4) is 5.75 Å². The van der Waals surface area contributed by atoms with Gasteiger partial charge in [-0.25, -0.2) is 4.39 Å². The Balaban J connectivity index is 1.86. The van der Waals surface area contributed by atoms with E-state index in [2.05, 4.69) is 5.32 Å². The van der Waals surface area contributed by atoms with Crippen LogP contribution < -0.4 is 10.1 Å². The molecule has 118 valence electrons. The van der Waals surface area contributed by atoms with E-state index in [4.69, 9.17) is 4.74 Å². The van der Waals surface area contributed by atoms with Crippen LogP contribution in [-0.2, 0) is 10.2 Å². The molecule has 1 aliphatic rings. The summed E-state index contributed by atoms with van der Waals surface area (Å²) in [7, 11) is -1.97. The molecule has 1 aromatic rings. The summed E-state index contributed by atoms with van der Waals surface area (Å²) in [6.45, 7) is 2.49. The summed E-state index contributed by atoms with van der Waals surface area (Å²) in [4.78, 5) is 0. The van der Waals surface area contributed by atoms with Crippen molar-refractivity contribution in [2.75, 3.05) is 46.4 Å². The van der Waals surface area contributed by atoms with Gasteiger partial charge in [0.15, 0.2) is 11.6 Å². The first-order valence-electron chi connectivity index (χ1n) is 6.81. The van der Waals surface area contributed by atoms with Crippen LogP contribution in [0.3, 0.4) is 0 Å². The average Bonchev–Trinajstić information content (AvgIpc) is 2.50. The number of halogens is 1. The van der Waals surface area contributed by atoms with Gasteiger partial charge in [0, 0.05) is 39.8 Å². The number of nitrogens with one attached hydrogen (secondary N) is 1. The lowest BCUT2D eigenvalue weighted by atomic mass is 10.3. The summed E-state index contributed by atoms with van der Waals surface area (Å²) < 4.78 is 45.9. The molecule has 1 saturated heterocycles. The van der Waals surface area contributed by atoms with Crippen LogP contribution in [0.4, 0.5) is 4.39 Å². The van der Waals surface area contributed by atoms with Crippen molar-refractivity contribution in [3.05, 3.63) is 30.1 Å². The molecule has 8 heteroatoms. The van der Waals surface area contributed by atoms with E-state index >= 15 is 0 Å². The number of hydrogen-bond donors (Lipinski definition) is 1. The Bertz CT molecular complexity index is 562. The van der Waals surface area contributed by atoms with E-state index in [1.807, 2.05) is 0 Å². The van der Waals surface area contributed by atoms with Gasteiger partial charge < -0.3 is 10.1 Å². The lowest BCUT2D eigenvalue weighted by molar-refractivity contribution is 0.262. The minimum absolute atomic E-state index is 0.1000. The fourth-order valence-electron chi connectivity index (χ4n) is 2.03. The number of hydrogen-bond acceptors (Lipinski definition) is 4. The highest BCUT2D eigenvalue weighted by atomic mass is 32.2. The molecule has 1 aromatic carbocycles. The van der Waals surface area contributed by atoms with Crippen LogP contribution in [-0.4, -0.2) is 63.4 Å². The molecule has 0 atom stereocenters. The Kier molecular flexibility index (Phi) is 5.51. The van der Waals surface area contributed by atoms with Gasteiger partial charge in [-0.1, -0.05) is 12.1 Å². The Morgan fingerprint density at radius 1 is 1.33 bits per heavy atom. The molecule has 0 unspecified atom stereocenters. The zero-order chi connectivity index (χ0) is 15.3. The molecule has 2 rings (SSSR count). The number of ether oxygens (including phenoxy) is 1. The van der Waals surface area contributed by atoms with Gasteiger partial charge in [-0.2, -0.15) is 17.0 Å². The molecule has 21 heavy (non-hydrogen) atoms. The van der Waals surface area contributed by atoms with Crippen molar-refractivity contribution in [2.24, 2.45) is 0 Å². The van der Waals surface area contributed by atoms with E-state index in [-0.39, 0.29) is 18.9 Å². The Morgan fingerprint density at radius 2 is 2.00 bits per heavy atom. The highest BCUT2D eigenvalue weighted by Gasteiger charge is 2.27. The molecule has 0 aromatic heterocycles. The van der Waals surface area contributed by atoms with Crippen LogP contribution in [0.25, 0.3) is 0 Å². The van der Waals surface area contributed by atoms with E-state index in [9.17, 15) is 12.8 Å². The van der Waals surface area contributed by atoms with Crippen LogP contribution in [0.5, 0.6) is 5.75 Å². The number of nitrogens with zero attached hydrogens (tertiary/aromatic N) is 2. The molecular formula is C13H20FN3O3S. The number of benzene rings is 1.